The molecule has 0 aromatic heterocycles. The van der Waals surface area contributed by atoms with E-state index in [1.807, 2.05) is 18.2 Å². The highest BCUT2D eigenvalue weighted by Gasteiger charge is 2.12. The Morgan fingerprint density at radius 1 is 1.19 bits per heavy atom. The maximum absolute atomic E-state index is 5.52. The first-order valence-electron chi connectivity index (χ1n) is 10.1. The minimum Gasteiger partial charge on any atom is -0.497 e. The molecule has 6 heteroatoms. The first-order chi connectivity index (χ1) is 13.2. The van der Waals surface area contributed by atoms with Crippen molar-refractivity contribution in [2.45, 2.75) is 39.2 Å². The average molecular weight is 377 g/mol. The fraction of sp³-hybridized carbons (Fsp3) is 0.667. The predicted molar refractivity (Wildman–Crippen MR) is 112 cm³/mol. The third-order valence-corrected chi connectivity index (χ3v) is 4.94. The molecule has 1 aliphatic heterocycles. The SMILES string of the molecule is CCNC(=NCCCCN1CCCC1)N(C)Cc1ccc(OC)cc1OC. The van der Waals surface area contributed by atoms with Gasteiger partial charge < -0.3 is 24.6 Å². The molecule has 1 aromatic carbocycles. The van der Waals surface area contributed by atoms with E-state index in [2.05, 4.69) is 29.1 Å². The first-order valence-corrected chi connectivity index (χ1v) is 10.1. The summed E-state index contributed by atoms with van der Waals surface area (Å²) >= 11 is 0. The molecule has 6 nitrogen and oxygen atoms in total. The van der Waals surface area contributed by atoms with Gasteiger partial charge in [-0.05, 0) is 64.4 Å². The highest BCUT2D eigenvalue weighted by molar-refractivity contribution is 5.79. The summed E-state index contributed by atoms with van der Waals surface area (Å²) in [6.45, 7) is 8.32. The molecule has 0 bridgehead atoms. The van der Waals surface area contributed by atoms with Gasteiger partial charge in [0.15, 0.2) is 5.96 Å². The first kappa shape index (κ1) is 21.4. The minimum absolute atomic E-state index is 0.729. The van der Waals surface area contributed by atoms with Crippen LogP contribution < -0.4 is 14.8 Å². The summed E-state index contributed by atoms with van der Waals surface area (Å²) in [5, 5.41) is 3.39. The van der Waals surface area contributed by atoms with E-state index in [0.29, 0.717) is 0 Å². The molecule has 0 atom stereocenters. The number of guanidine groups is 1. The van der Waals surface area contributed by atoms with Crippen LogP contribution in [0.15, 0.2) is 23.2 Å². The van der Waals surface area contributed by atoms with E-state index in [1.54, 1.807) is 14.2 Å². The molecule has 1 heterocycles. The number of hydrogen-bond donors (Lipinski definition) is 1. The van der Waals surface area contributed by atoms with Crippen LogP contribution in [0, 0.1) is 0 Å². The quantitative estimate of drug-likeness (QED) is 0.386. The van der Waals surface area contributed by atoms with Gasteiger partial charge in [-0.2, -0.15) is 0 Å². The molecule has 0 amide bonds. The van der Waals surface area contributed by atoms with Gasteiger partial charge in [0, 0.05) is 38.3 Å². The standard InChI is InChI=1S/C21H36N4O2/c1-5-22-21(23-12-6-7-13-25-14-8-9-15-25)24(2)17-18-10-11-19(26-3)16-20(18)27-4/h10-11,16H,5-9,12-15,17H2,1-4H3,(H,22,23). The lowest BCUT2D eigenvalue weighted by Gasteiger charge is -2.23. The molecule has 0 saturated carbocycles. The number of ether oxygens (including phenoxy) is 2. The Balaban J connectivity index is 1.88. The maximum Gasteiger partial charge on any atom is 0.193 e. The Morgan fingerprint density at radius 3 is 2.63 bits per heavy atom. The normalized spacial score (nSPS) is 15.0. The van der Waals surface area contributed by atoms with Crippen molar-refractivity contribution in [3.63, 3.8) is 0 Å². The maximum atomic E-state index is 5.52. The zero-order valence-corrected chi connectivity index (χ0v) is 17.5. The van der Waals surface area contributed by atoms with Crippen LogP contribution in [0.1, 0.15) is 38.2 Å². The smallest absolute Gasteiger partial charge is 0.193 e. The third-order valence-electron chi connectivity index (χ3n) is 4.94. The van der Waals surface area contributed by atoms with Gasteiger partial charge in [0.25, 0.3) is 0 Å². The number of unbranched alkanes of at least 4 members (excludes halogenated alkanes) is 1. The third kappa shape index (κ3) is 6.94. The number of rotatable bonds is 10. The van der Waals surface area contributed by atoms with Crippen molar-refractivity contribution >= 4 is 5.96 Å². The fourth-order valence-corrected chi connectivity index (χ4v) is 3.42. The number of hydrogen-bond acceptors (Lipinski definition) is 4. The molecule has 1 fully saturated rings. The van der Waals surface area contributed by atoms with Crippen molar-refractivity contribution in [3.05, 3.63) is 23.8 Å². The van der Waals surface area contributed by atoms with Gasteiger partial charge >= 0.3 is 0 Å². The molecule has 0 unspecified atom stereocenters. The molecular formula is C21H36N4O2. The topological polar surface area (TPSA) is 49.3 Å². The Morgan fingerprint density at radius 2 is 1.96 bits per heavy atom. The molecule has 27 heavy (non-hydrogen) atoms. The predicted octanol–water partition coefficient (Wildman–Crippen LogP) is 2.98. The molecule has 0 aliphatic carbocycles. The van der Waals surface area contributed by atoms with Crippen molar-refractivity contribution in [2.24, 2.45) is 4.99 Å². The number of methoxy groups -OCH3 is 2. The van der Waals surface area contributed by atoms with Crippen LogP contribution in [0.2, 0.25) is 0 Å². The van der Waals surface area contributed by atoms with Gasteiger partial charge in [-0.25, -0.2) is 0 Å². The summed E-state index contributed by atoms with van der Waals surface area (Å²) in [6, 6.07) is 5.94. The fourth-order valence-electron chi connectivity index (χ4n) is 3.42. The van der Waals surface area contributed by atoms with E-state index >= 15 is 0 Å². The Kier molecular flexibility index (Phi) is 9.25. The second-order valence-electron chi connectivity index (χ2n) is 7.03. The lowest BCUT2D eigenvalue weighted by molar-refractivity contribution is 0.331. The van der Waals surface area contributed by atoms with Crippen LogP contribution in [-0.2, 0) is 6.54 Å². The summed E-state index contributed by atoms with van der Waals surface area (Å²) in [5.41, 5.74) is 1.11. The lowest BCUT2D eigenvalue weighted by atomic mass is 10.2. The van der Waals surface area contributed by atoms with Crippen molar-refractivity contribution < 1.29 is 9.47 Å². The van der Waals surface area contributed by atoms with E-state index < -0.39 is 0 Å². The van der Waals surface area contributed by atoms with Crippen molar-refractivity contribution in [1.82, 2.24) is 15.1 Å². The van der Waals surface area contributed by atoms with E-state index in [4.69, 9.17) is 14.5 Å². The van der Waals surface area contributed by atoms with E-state index in [-0.39, 0.29) is 0 Å². The van der Waals surface area contributed by atoms with Crippen LogP contribution in [0.5, 0.6) is 11.5 Å². The molecule has 1 saturated heterocycles. The lowest BCUT2D eigenvalue weighted by Crippen LogP contribution is -2.38. The monoisotopic (exact) mass is 376 g/mol. The van der Waals surface area contributed by atoms with Gasteiger partial charge in [-0.15, -0.1) is 0 Å². The average Bonchev–Trinajstić information content (AvgIpc) is 3.20. The zero-order chi connectivity index (χ0) is 19.5. The summed E-state index contributed by atoms with van der Waals surface area (Å²) < 4.78 is 10.8. The Hall–Kier alpha value is -1.95. The summed E-state index contributed by atoms with van der Waals surface area (Å²) in [6.07, 6.45) is 5.08. The van der Waals surface area contributed by atoms with Crippen molar-refractivity contribution in [1.29, 1.82) is 0 Å². The van der Waals surface area contributed by atoms with E-state index in [9.17, 15) is 0 Å². The highest BCUT2D eigenvalue weighted by atomic mass is 16.5. The Bertz CT molecular complexity index is 586. The van der Waals surface area contributed by atoms with E-state index in [1.165, 1.54) is 38.9 Å². The molecule has 152 valence electrons. The summed E-state index contributed by atoms with van der Waals surface area (Å²) in [7, 11) is 5.42. The van der Waals surface area contributed by atoms with Gasteiger partial charge in [0.1, 0.15) is 11.5 Å². The summed E-state index contributed by atoms with van der Waals surface area (Å²) in [5.74, 6) is 2.58. The number of aliphatic imine (C=N–C) groups is 1. The molecule has 1 aliphatic rings. The van der Waals surface area contributed by atoms with Crippen LogP contribution in [0.25, 0.3) is 0 Å². The van der Waals surface area contributed by atoms with E-state index in [0.717, 1.165) is 49.1 Å². The highest BCUT2D eigenvalue weighted by Crippen LogP contribution is 2.25. The van der Waals surface area contributed by atoms with Gasteiger partial charge in [-0.1, -0.05) is 0 Å². The molecule has 2 rings (SSSR count). The molecule has 0 spiro atoms. The van der Waals surface area contributed by atoms with Crippen LogP contribution in [0.3, 0.4) is 0 Å². The molecular weight excluding hydrogens is 340 g/mol. The van der Waals surface area contributed by atoms with Gasteiger partial charge in [0.05, 0.1) is 14.2 Å². The largest absolute Gasteiger partial charge is 0.497 e. The van der Waals surface area contributed by atoms with Crippen LogP contribution >= 0.6 is 0 Å². The van der Waals surface area contributed by atoms with Crippen molar-refractivity contribution in [2.75, 3.05) is 54.0 Å². The van der Waals surface area contributed by atoms with Crippen LogP contribution in [0.4, 0.5) is 0 Å². The molecule has 1 aromatic rings. The van der Waals surface area contributed by atoms with Gasteiger partial charge in [0.2, 0.25) is 0 Å². The second kappa shape index (κ2) is 11.7. The number of nitrogens with zero attached hydrogens (tertiary/aromatic N) is 3. The summed E-state index contributed by atoms with van der Waals surface area (Å²) in [4.78, 5) is 9.52. The van der Waals surface area contributed by atoms with Gasteiger partial charge in [-0.3, -0.25) is 4.99 Å². The minimum atomic E-state index is 0.729. The van der Waals surface area contributed by atoms with Crippen LogP contribution in [-0.4, -0.2) is 69.8 Å². The number of nitrogens with one attached hydrogen (secondary N) is 1. The Labute approximate surface area is 164 Å². The zero-order valence-electron chi connectivity index (χ0n) is 17.5. The second-order valence-corrected chi connectivity index (χ2v) is 7.03. The molecule has 0 radical (unpaired) electrons. The molecule has 1 N–H and O–H groups in total. The number of likely N-dealkylation sites (tertiary alicyclic amines) is 1. The number of benzene rings is 1. The van der Waals surface area contributed by atoms with Crippen molar-refractivity contribution in [3.8, 4) is 11.5 Å².